The van der Waals surface area contributed by atoms with E-state index in [4.69, 9.17) is 0 Å². The minimum atomic E-state index is -0.462. The van der Waals surface area contributed by atoms with E-state index in [-0.39, 0.29) is 17.3 Å². The number of aromatic amines is 1. The average Bonchev–Trinajstić information content (AvgIpc) is 3.09. The predicted molar refractivity (Wildman–Crippen MR) is 89.0 cm³/mol. The van der Waals surface area contributed by atoms with Crippen molar-refractivity contribution in [1.82, 2.24) is 15.0 Å². The number of nitrogens with one attached hydrogen (secondary N) is 2. The van der Waals surface area contributed by atoms with Crippen molar-refractivity contribution in [1.29, 1.82) is 0 Å². The third-order valence-corrected chi connectivity index (χ3v) is 4.61. The number of amides is 1. The molecule has 2 heterocycles. The van der Waals surface area contributed by atoms with Gasteiger partial charge in [-0.25, -0.2) is 9.97 Å². The Hall–Kier alpha value is -2.46. The van der Waals surface area contributed by atoms with E-state index in [1.807, 2.05) is 12.3 Å². The van der Waals surface area contributed by atoms with Crippen LogP contribution in [-0.2, 0) is 4.79 Å². The number of benzene rings is 1. The third kappa shape index (κ3) is 3.66. The highest BCUT2D eigenvalue weighted by atomic mass is 32.2. The lowest BCUT2D eigenvalue weighted by atomic mass is 10.3. The Bertz CT molecular complexity index is 889. The summed E-state index contributed by atoms with van der Waals surface area (Å²) in [5.41, 5.74) is 2.04. The predicted octanol–water partition coefficient (Wildman–Crippen LogP) is 2.97. The zero-order valence-corrected chi connectivity index (χ0v) is 13.5. The Balaban J connectivity index is 1.64. The van der Waals surface area contributed by atoms with Gasteiger partial charge in [0.25, 0.3) is 5.69 Å². The van der Waals surface area contributed by atoms with E-state index < -0.39 is 4.92 Å². The molecule has 2 N–H and O–H groups in total. The van der Waals surface area contributed by atoms with Gasteiger partial charge in [0.05, 0.1) is 27.4 Å². The highest BCUT2D eigenvalue weighted by Crippen LogP contribution is 2.23. The van der Waals surface area contributed by atoms with Gasteiger partial charge in [-0.1, -0.05) is 11.8 Å². The molecule has 0 fully saturated rings. The second-order valence-corrected chi connectivity index (χ2v) is 6.45. The quantitative estimate of drug-likeness (QED) is 0.416. The van der Waals surface area contributed by atoms with E-state index in [9.17, 15) is 14.9 Å². The highest BCUT2D eigenvalue weighted by Gasteiger charge is 2.11. The van der Waals surface area contributed by atoms with Gasteiger partial charge in [-0.3, -0.25) is 14.9 Å². The molecule has 3 aromatic rings. The molecule has 0 aliphatic rings. The first-order chi connectivity index (χ1) is 11.0. The van der Waals surface area contributed by atoms with E-state index >= 15 is 0 Å². The second-order valence-electron chi connectivity index (χ2n) is 4.63. The number of H-pyrrole nitrogens is 1. The Morgan fingerprint density at radius 2 is 2.30 bits per heavy atom. The molecule has 118 valence electrons. The van der Waals surface area contributed by atoms with E-state index in [2.05, 4.69) is 20.3 Å². The molecule has 0 spiro atoms. The van der Waals surface area contributed by atoms with Crippen molar-refractivity contribution in [3.05, 3.63) is 39.4 Å². The Morgan fingerprint density at radius 1 is 1.48 bits per heavy atom. The van der Waals surface area contributed by atoms with Crippen LogP contribution in [-0.4, -0.2) is 31.5 Å². The Kier molecular flexibility index (Phi) is 4.26. The van der Waals surface area contributed by atoms with Crippen LogP contribution in [0.15, 0.2) is 28.7 Å². The van der Waals surface area contributed by atoms with E-state index in [0.29, 0.717) is 21.3 Å². The number of carbonyl (C=O) groups excluding carboxylic acids is 1. The van der Waals surface area contributed by atoms with Crippen LogP contribution in [0.5, 0.6) is 0 Å². The Morgan fingerprint density at radius 3 is 3.00 bits per heavy atom. The number of thioether (sulfide) groups is 1. The lowest BCUT2D eigenvalue weighted by molar-refractivity contribution is -0.384. The maximum atomic E-state index is 11.9. The van der Waals surface area contributed by atoms with Crippen LogP contribution >= 0.6 is 23.1 Å². The minimum absolute atomic E-state index is 0.00502. The summed E-state index contributed by atoms with van der Waals surface area (Å²) >= 11 is 2.59. The molecule has 2 aromatic heterocycles. The molecule has 0 saturated carbocycles. The molecule has 0 aliphatic carbocycles. The third-order valence-electron chi connectivity index (χ3n) is 2.86. The number of nitro groups is 1. The van der Waals surface area contributed by atoms with Gasteiger partial charge in [0.2, 0.25) is 5.91 Å². The van der Waals surface area contributed by atoms with Crippen LogP contribution in [0.25, 0.3) is 11.0 Å². The maximum Gasteiger partial charge on any atom is 0.271 e. The smallest absolute Gasteiger partial charge is 0.271 e. The number of hydrogen-bond donors (Lipinski definition) is 2. The van der Waals surface area contributed by atoms with Crippen LogP contribution in [0.3, 0.4) is 0 Å². The van der Waals surface area contributed by atoms with Gasteiger partial charge in [0, 0.05) is 17.5 Å². The number of nitro benzene ring substituents is 1. The number of non-ortho nitro benzene ring substituents is 1. The molecule has 0 atom stereocenters. The summed E-state index contributed by atoms with van der Waals surface area (Å²) in [6.45, 7) is 1.86. The summed E-state index contributed by atoms with van der Waals surface area (Å²) in [5.74, 6) is -0.0173. The summed E-state index contributed by atoms with van der Waals surface area (Å²) in [6.07, 6.45) is 0. The normalized spacial score (nSPS) is 10.8. The molecule has 8 nitrogen and oxygen atoms in total. The standard InChI is InChI=1S/C13H11N5O3S2/c1-7-5-22-12(14-7)17-11(19)6-23-13-15-9-3-2-8(18(20)21)4-10(9)16-13/h2-5H,6H2,1H3,(H,15,16)(H,14,17,19). The van der Waals surface area contributed by atoms with Crippen molar-refractivity contribution >= 4 is 50.9 Å². The van der Waals surface area contributed by atoms with Crippen LogP contribution in [0.4, 0.5) is 10.8 Å². The fraction of sp³-hybridized carbons (Fsp3) is 0.154. The summed E-state index contributed by atoms with van der Waals surface area (Å²) in [6, 6.07) is 4.40. The van der Waals surface area contributed by atoms with Gasteiger partial charge in [-0.15, -0.1) is 11.3 Å². The fourth-order valence-electron chi connectivity index (χ4n) is 1.86. The lowest BCUT2D eigenvalue weighted by Gasteiger charge is -1.99. The lowest BCUT2D eigenvalue weighted by Crippen LogP contribution is -2.13. The first kappa shape index (κ1) is 15.4. The topological polar surface area (TPSA) is 114 Å². The molecule has 0 radical (unpaired) electrons. The van der Waals surface area contributed by atoms with Gasteiger partial charge < -0.3 is 10.3 Å². The highest BCUT2D eigenvalue weighted by molar-refractivity contribution is 7.99. The first-order valence-corrected chi connectivity index (χ1v) is 8.37. The largest absolute Gasteiger partial charge is 0.333 e. The molecule has 0 aliphatic heterocycles. The molecular weight excluding hydrogens is 338 g/mol. The van der Waals surface area contributed by atoms with Crippen molar-refractivity contribution < 1.29 is 9.72 Å². The van der Waals surface area contributed by atoms with Gasteiger partial charge in [0.15, 0.2) is 10.3 Å². The molecule has 0 bridgehead atoms. The molecule has 10 heteroatoms. The van der Waals surface area contributed by atoms with E-state index in [1.165, 1.54) is 35.2 Å². The first-order valence-electron chi connectivity index (χ1n) is 6.50. The van der Waals surface area contributed by atoms with Gasteiger partial charge in [-0.05, 0) is 13.0 Å². The zero-order valence-electron chi connectivity index (χ0n) is 11.9. The van der Waals surface area contributed by atoms with Gasteiger partial charge in [-0.2, -0.15) is 0 Å². The van der Waals surface area contributed by atoms with Gasteiger partial charge >= 0.3 is 0 Å². The number of carbonyl (C=O) groups is 1. The van der Waals surface area contributed by atoms with Crippen LogP contribution in [0, 0.1) is 17.0 Å². The number of hydrogen-bond acceptors (Lipinski definition) is 7. The number of thiazole rings is 1. The number of fused-ring (bicyclic) bond motifs is 1. The van der Waals surface area contributed by atoms with Crippen LogP contribution in [0.2, 0.25) is 0 Å². The van der Waals surface area contributed by atoms with Gasteiger partial charge in [0.1, 0.15) is 0 Å². The number of rotatable bonds is 5. The molecule has 1 amide bonds. The number of imidazole rings is 1. The Labute approximate surface area is 138 Å². The van der Waals surface area contributed by atoms with E-state index in [0.717, 1.165) is 5.69 Å². The molecule has 1 aromatic carbocycles. The molecule has 0 unspecified atom stereocenters. The zero-order chi connectivity index (χ0) is 16.4. The van der Waals surface area contributed by atoms with Crippen molar-refractivity contribution in [3.63, 3.8) is 0 Å². The molecule has 0 saturated heterocycles. The van der Waals surface area contributed by atoms with Crippen LogP contribution in [0.1, 0.15) is 5.69 Å². The maximum absolute atomic E-state index is 11.9. The summed E-state index contributed by atoms with van der Waals surface area (Å²) < 4.78 is 0. The SMILES string of the molecule is Cc1csc(NC(=O)CSc2nc3ccc([N+](=O)[O-])cc3[nH]2)n1. The number of aromatic nitrogens is 3. The van der Waals surface area contributed by atoms with Crippen molar-refractivity contribution in [2.45, 2.75) is 12.1 Å². The molecule has 3 rings (SSSR count). The average molecular weight is 349 g/mol. The molecular formula is C13H11N5O3S2. The van der Waals surface area contributed by atoms with Crippen LogP contribution < -0.4 is 5.32 Å². The number of nitrogens with zero attached hydrogens (tertiary/aromatic N) is 3. The number of anilines is 1. The fourth-order valence-corrected chi connectivity index (χ4v) is 3.25. The summed E-state index contributed by atoms with van der Waals surface area (Å²) in [5, 5.41) is 16.4. The second kappa shape index (κ2) is 6.34. The minimum Gasteiger partial charge on any atom is -0.333 e. The summed E-state index contributed by atoms with van der Waals surface area (Å²) in [7, 11) is 0. The molecule has 23 heavy (non-hydrogen) atoms. The summed E-state index contributed by atoms with van der Waals surface area (Å²) in [4.78, 5) is 33.6. The van der Waals surface area contributed by atoms with Crippen molar-refractivity contribution in [3.8, 4) is 0 Å². The van der Waals surface area contributed by atoms with Crippen molar-refractivity contribution in [2.75, 3.05) is 11.1 Å². The van der Waals surface area contributed by atoms with Crippen molar-refractivity contribution in [2.24, 2.45) is 0 Å². The van der Waals surface area contributed by atoms with E-state index in [1.54, 1.807) is 6.07 Å². The monoisotopic (exact) mass is 349 g/mol. The number of aryl methyl sites for hydroxylation is 1.